The zero-order valence-corrected chi connectivity index (χ0v) is 15.4. The lowest BCUT2D eigenvalue weighted by atomic mass is 10.0. The van der Waals surface area contributed by atoms with Crippen molar-refractivity contribution >= 4 is 21.4 Å². The molecule has 140 valence electrons. The summed E-state index contributed by atoms with van der Waals surface area (Å²) < 4.78 is 25.7. The van der Waals surface area contributed by atoms with Gasteiger partial charge in [0, 0.05) is 17.8 Å². The molecule has 1 saturated carbocycles. The number of aromatic amines is 1. The summed E-state index contributed by atoms with van der Waals surface area (Å²) in [6.45, 7) is 0.400. The number of H-pyrrole nitrogens is 1. The number of hydrogen-bond acceptors (Lipinski definition) is 5. The number of hydrogen-bond donors (Lipinski definition) is 3. The Hall–Kier alpha value is -2.19. The third-order valence-corrected chi connectivity index (χ3v) is 7.03. The monoisotopic (exact) mass is 376 g/mol. The Balaban J connectivity index is 1.79. The molecule has 1 fully saturated rings. The van der Waals surface area contributed by atoms with Crippen LogP contribution in [0, 0.1) is 0 Å². The lowest BCUT2D eigenvalue weighted by Gasteiger charge is -2.22. The lowest BCUT2D eigenvalue weighted by molar-refractivity contribution is 0.102. The maximum absolute atomic E-state index is 12.9. The molecule has 1 amide bonds. The van der Waals surface area contributed by atoms with E-state index in [1.807, 2.05) is 0 Å². The zero-order valence-electron chi connectivity index (χ0n) is 14.6. The van der Waals surface area contributed by atoms with Crippen molar-refractivity contribution in [1.82, 2.24) is 10.2 Å². The van der Waals surface area contributed by atoms with Gasteiger partial charge in [-0.15, -0.1) is 0 Å². The number of anilines is 1. The molecule has 3 rings (SSSR count). The van der Waals surface area contributed by atoms with Crippen LogP contribution in [-0.4, -0.2) is 36.3 Å². The minimum Gasteiger partial charge on any atom is -0.330 e. The van der Waals surface area contributed by atoms with Gasteiger partial charge in [0.05, 0.1) is 21.9 Å². The molecule has 4 N–H and O–H groups in total. The van der Waals surface area contributed by atoms with Crippen LogP contribution >= 0.6 is 0 Å². The van der Waals surface area contributed by atoms with E-state index in [-0.39, 0.29) is 16.1 Å². The molecular formula is C18H24N4O3S. The normalized spacial score (nSPS) is 15.7. The number of nitrogens with two attached hydrogens (primary N) is 1. The van der Waals surface area contributed by atoms with Crippen molar-refractivity contribution in [1.29, 1.82) is 0 Å². The first kappa shape index (κ1) is 18.6. The predicted molar refractivity (Wildman–Crippen MR) is 99.8 cm³/mol. The number of carbonyl (C=O) groups excluding carboxylic acids is 1. The van der Waals surface area contributed by atoms with Crippen molar-refractivity contribution in [2.24, 2.45) is 5.73 Å². The van der Waals surface area contributed by atoms with Gasteiger partial charge in [-0.1, -0.05) is 25.3 Å². The molecule has 0 spiro atoms. The Morgan fingerprint density at radius 3 is 2.77 bits per heavy atom. The van der Waals surface area contributed by atoms with Gasteiger partial charge >= 0.3 is 0 Å². The Labute approximate surface area is 153 Å². The van der Waals surface area contributed by atoms with Crippen LogP contribution in [-0.2, 0) is 16.3 Å². The van der Waals surface area contributed by atoms with E-state index >= 15 is 0 Å². The summed E-state index contributed by atoms with van der Waals surface area (Å²) in [4.78, 5) is 12.7. The molecule has 1 aliphatic rings. The van der Waals surface area contributed by atoms with Crippen molar-refractivity contribution in [3.05, 3.63) is 41.7 Å². The molecule has 0 unspecified atom stereocenters. The topological polar surface area (TPSA) is 118 Å². The van der Waals surface area contributed by atoms with Crippen LogP contribution in [0.5, 0.6) is 0 Å². The van der Waals surface area contributed by atoms with Crippen molar-refractivity contribution in [2.75, 3.05) is 11.9 Å². The fourth-order valence-electron chi connectivity index (χ4n) is 3.36. The largest absolute Gasteiger partial charge is 0.330 e. The van der Waals surface area contributed by atoms with E-state index in [2.05, 4.69) is 15.5 Å². The van der Waals surface area contributed by atoms with Gasteiger partial charge in [-0.05, 0) is 37.6 Å². The quantitative estimate of drug-likeness (QED) is 0.715. The molecule has 1 heterocycles. The van der Waals surface area contributed by atoms with Crippen molar-refractivity contribution in [3.8, 4) is 0 Å². The van der Waals surface area contributed by atoms with Crippen LogP contribution < -0.4 is 11.1 Å². The standard InChI is InChI=1S/C18H24N4O3S/c19-10-9-17-16(12-20-22-17)18(23)21-13-5-4-8-15(11-13)26(24,25)14-6-2-1-3-7-14/h4-5,8,11-12,14H,1-3,6-7,9-10,19H2,(H,20,22)(H,21,23). The van der Waals surface area contributed by atoms with Gasteiger partial charge in [0.25, 0.3) is 5.91 Å². The van der Waals surface area contributed by atoms with E-state index in [4.69, 9.17) is 5.73 Å². The van der Waals surface area contributed by atoms with Gasteiger partial charge in [-0.3, -0.25) is 9.89 Å². The van der Waals surface area contributed by atoms with Gasteiger partial charge in [0.15, 0.2) is 9.84 Å². The molecule has 7 nitrogen and oxygen atoms in total. The highest BCUT2D eigenvalue weighted by atomic mass is 32.2. The average Bonchev–Trinajstić information content (AvgIpc) is 3.11. The molecule has 26 heavy (non-hydrogen) atoms. The highest BCUT2D eigenvalue weighted by molar-refractivity contribution is 7.92. The van der Waals surface area contributed by atoms with E-state index in [1.54, 1.807) is 18.2 Å². The summed E-state index contributed by atoms with van der Waals surface area (Å²) in [5, 5.41) is 9.08. The Morgan fingerprint density at radius 1 is 1.27 bits per heavy atom. The molecule has 1 aromatic carbocycles. The van der Waals surface area contributed by atoms with Gasteiger partial charge < -0.3 is 11.1 Å². The minimum absolute atomic E-state index is 0.261. The molecule has 0 aliphatic heterocycles. The fraction of sp³-hybridized carbons (Fsp3) is 0.444. The van der Waals surface area contributed by atoms with Crippen molar-refractivity contribution in [2.45, 2.75) is 48.7 Å². The smallest absolute Gasteiger partial charge is 0.259 e. The Morgan fingerprint density at radius 2 is 2.04 bits per heavy atom. The van der Waals surface area contributed by atoms with E-state index in [0.29, 0.717) is 42.8 Å². The molecular weight excluding hydrogens is 352 g/mol. The highest BCUT2D eigenvalue weighted by Crippen LogP contribution is 2.29. The summed E-state index contributed by atoms with van der Waals surface area (Å²) in [5.41, 5.74) is 7.06. The van der Waals surface area contributed by atoms with Crippen LogP contribution in [0.3, 0.4) is 0 Å². The summed E-state index contributed by atoms with van der Waals surface area (Å²) in [5.74, 6) is -0.339. The van der Waals surface area contributed by atoms with Gasteiger partial charge in [0.1, 0.15) is 0 Å². The van der Waals surface area contributed by atoms with Crippen molar-refractivity contribution < 1.29 is 13.2 Å². The fourth-order valence-corrected chi connectivity index (χ4v) is 5.26. The van der Waals surface area contributed by atoms with E-state index < -0.39 is 9.84 Å². The molecule has 0 radical (unpaired) electrons. The van der Waals surface area contributed by atoms with Gasteiger partial charge in [0.2, 0.25) is 0 Å². The van der Waals surface area contributed by atoms with Crippen LogP contribution in [0.2, 0.25) is 0 Å². The average molecular weight is 376 g/mol. The predicted octanol–water partition coefficient (Wildman–Crippen LogP) is 2.27. The number of amides is 1. The zero-order chi connectivity index (χ0) is 18.6. The molecule has 0 saturated heterocycles. The summed E-state index contributed by atoms with van der Waals surface area (Å²) >= 11 is 0. The number of nitrogens with one attached hydrogen (secondary N) is 2. The lowest BCUT2D eigenvalue weighted by Crippen LogP contribution is -2.24. The van der Waals surface area contributed by atoms with E-state index in [0.717, 1.165) is 19.3 Å². The summed E-state index contributed by atoms with van der Waals surface area (Å²) in [6, 6.07) is 6.46. The number of rotatable bonds is 6. The minimum atomic E-state index is -3.38. The second kappa shape index (κ2) is 8.01. The molecule has 1 aromatic heterocycles. The van der Waals surface area contributed by atoms with Gasteiger partial charge in [-0.25, -0.2) is 8.42 Å². The van der Waals surface area contributed by atoms with Crippen LogP contribution in [0.15, 0.2) is 35.4 Å². The summed E-state index contributed by atoms with van der Waals surface area (Å²) in [6.07, 6.45) is 6.36. The third kappa shape index (κ3) is 3.96. The second-order valence-electron chi connectivity index (χ2n) is 6.59. The van der Waals surface area contributed by atoms with Crippen LogP contribution in [0.4, 0.5) is 5.69 Å². The molecule has 8 heteroatoms. The number of nitrogens with zero attached hydrogens (tertiary/aromatic N) is 1. The SMILES string of the molecule is NCCc1[nH]ncc1C(=O)Nc1cccc(S(=O)(=O)C2CCCCC2)c1. The van der Waals surface area contributed by atoms with Gasteiger partial charge in [-0.2, -0.15) is 5.10 Å². The first-order chi connectivity index (χ1) is 12.5. The molecule has 0 atom stereocenters. The highest BCUT2D eigenvalue weighted by Gasteiger charge is 2.29. The van der Waals surface area contributed by atoms with E-state index in [1.165, 1.54) is 12.3 Å². The summed E-state index contributed by atoms with van der Waals surface area (Å²) in [7, 11) is -3.38. The Kier molecular flexibility index (Phi) is 5.73. The van der Waals surface area contributed by atoms with Crippen LogP contribution in [0.25, 0.3) is 0 Å². The molecule has 2 aromatic rings. The van der Waals surface area contributed by atoms with E-state index in [9.17, 15) is 13.2 Å². The van der Waals surface area contributed by atoms with Crippen molar-refractivity contribution in [3.63, 3.8) is 0 Å². The molecule has 0 bridgehead atoms. The Bertz CT molecular complexity index is 870. The maximum atomic E-state index is 12.9. The second-order valence-corrected chi connectivity index (χ2v) is 8.82. The number of benzene rings is 1. The molecule has 1 aliphatic carbocycles. The number of aromatic nitrogens is 2. The number of sulfone groups is 1. The number of carbonyl (C=O) groups is 1. The first-order valence-corrected chi connectivity index (χ1v) is 10.4. The first-order valence-electron chi connectivity index (χ1n) is 8.90. The van der Waals surface area contributed by atoms with Crippen LogP contribution in [0.1, 0.15) is 48.2 Å². The third-order valence-electron chi connectivity index (χ3n) is 4.77. The maximum Gasteiger partial charge on any atom is 0.259 e.